The van der Waals surface area contributed by atoms with Crippen molar-refractivity contribution in [1.82, 2.24) is 29.3 Å². The molecule has 10 nitrogen and oxygen atoms in total. The normalized spacial score (nSPS) is 19.6. The first-order valence-corrected chi connectivity index (χ1v) is 13.9. The summed E-state index contributed by atoms with van der Waals surface area (Å²) in [5.74, 6) is 2.73. The zero-order valence-electron chi connectivity index (χ0n) is 22.7. The summed E-state index contributed by atoms with van der Waals surface area (Å²) in [5.41, 5.74) is 1.35. The van der Waals surface area contributed by atoms with E-state index in [9.17, 15) is 4.79 Å². The van der Waals surface area contributed by atoms with Crippen LogP contribution in [0, 0.1) is 5.92 Å². The number of hydrogen-bond donors (Lipinski definition) is 0. The molecule has 0 N–H and O–H groups in total. The van der Waals surface area contributed by atoms with Gasteiger partial charge in [-0.2, -0.15) is 0 Å². The number of imidazole rings is 1. The number of rotatable bonds is 4. The van der Waals surface area contributed by atoms with E-state index in [1.807, 2.05) is 35.5 Å². The van der Waals surface area contributed by atoms with Crippen molar-refractivity contribution in [3.05, 3.63) is 54.9 Å². The van der Waals surface area contributed by atoms with Crippen molar-refractivity contribution in [1.29, 1.82) is 0 Å². The van der Waals surface area contributed by atoms with Gasteiger partial charge in [-0.25, -0.2) is 9.97 Å². The second-order valence-electron chi connectivity index (χ2n) is 10.1. The number of hydrogen-bond acceptors (Lipinski definition) is 8. The van der Waals surface area contributed by atoms with Crippen molar-refractivity contribution in [2.75, 3.05) is 59.7 Å². The number of fused-ring (bicyclic) bond motifs is 4. The highest BCUT2D eigenvalue weighted by atomic mass is 16.5. The van der Waals surface area contributed by atoms with E-state index in [0.29, 0.717) is 49.2 Å². The standard InChI is InChI=1S/C29H38N6O4/c1-37-26-6-5-24-19-27(26)39-17-4-13-35(29(36)25-20-30-8-9-31-25)12-3-2-11-33(21-23-7-18-38-22-23)15-16-34-14-10-32-28(24)34/h5-6,8-10,14,19-20,23H,2-4,7,11-13,15-18,21-22H2,1H3. The van der Waals surface area contributed by atoms with Crippen LogP contribution in [0.1, 0.15) is 36.2 Å². The summed E-state index contributed by atoms with van der Waals surface area (Å²) in [6.45, 7) is 7.13. The Hall–Kier alpha value is -3.50. The lowest BCUT2D eigenvalue weighted by Gasteiger charge is -2.26. The minimum atomic E-state index is -0.0917. The molecule has 1 saturated heterocycles. The fourth-order valence-electron chi connectivity index (χ4n) is 5.28. The van der Waals surface area contributed by atoms with Gasteiger partial charge in [-0.15, -0.1) is 0 Å². The van der Waals surface area contributed by atoms with Crippen LogP contribution >= 0.6 is 0 Å². The van der Waals surface area contributed by atoms with Gasteiger partial charge in [0.25, 0.3) is 5.91 Å². The molecule has 1 unspecified atom stereocenters. The Morgan fingerprint density at radius 1 is 1.03 bits per heavy atom. The van der Waals surface area contributed by atoms with Gasteiger partial charge in [0, 0.05) is 69.7 Å². The highest BCUT2D eigenvalue weighted by Crippen LogP contribution is 2.32. The van der Waals surface area contributed by atoms with Crippen LogP contribution in [0.2, 0.25) is 0 Å². The fraction of sp³-hybridized carbons (Fsp3) is 0.517. The van der Waals surface area contributed by atoms with E-state index in [1.54, 1.807) is 19.5 Å². The minimum Gasteiger partial charge on any atom is -0.493 e. The molecule has 2 aliphatic rings. The summed E-state index contributed by atoms with van der Waals surface area (Å²) in [7, 11) is 1.64. The number of carbonyl (C=O) groups is 1. The van der Waals surface area contributed by atoms with E-state index >= 15 is 0 Å². The van der Waals surface area contributed by atoms with Crippen LogP contribution in [0.15, 0.2) is 49.2 Å². The van der Waals surface area contributed by atoms with E-state index in [1.165, 1.54) is 6.20 Å². The number of ether oxygens (including phenoxy) is 3. The predicted molar refractivity (Wildman–Crippen MR) is 147 cm³/mol. The Balaban J connectivity index is 1.36. The first-order chi connectivity index (χ1) is 19.2. The highest BCUT2D eigenvalue weighted by Gasteiger charge is 2.21. The monoisotopic (exact) mass is 534 g/mol. The molecular formula is C29H38N6O4. The quantitative estimate of drug-likeness (QED) is 0.503. The van der Waals surface area contributed by atoms with Crippen molar-refractivity contribution < 1.29 is 19.0 Å². The molecule has 2 aromatic heterocycles. The summed E-state index contributed by atoms with van der Waals surface area (Å²) in [5, 5.41) is 0. The smallest absolute Gasteiger partial charge is 0.274 e. The van der Waals surface area contributed by atoms with Crippen LogP contribution in [0.5, 0.6) is 11.5 Å². The molecule has 2 aliphatic heterocycles. The van der Waals surface area contributed by atoms with Crippen LogP contribution < -0.4 is 9.47 Å². The van der Waals surface area contributed by atoms with Crippen molar-refractivity contribution in [2.45, 2.75) is 32.2 Å². The average molecular weight is 535 g/mol. The molecule has 208 valence electrons. The summed E-state index contributed by atoms with van der Waals surface area (Å²) >= 11 is 0. The van der Waals surface area contributed by atoms with Gasteiger partial charge in [0.05, 0.1) is 26.5 Å². The van der Waals surface area contributed by atoms with E-state index < -0.39 is 0 Å². The van der Waals surface area contributed by atoms with Gasteiger partial charge in [0.2, 0.25) is 0 Å². The molecular weight excluding hydrogens is 496 g/mol. The first kappa shape index (κ1) is 27.1. The van der Waals surface area contributed by atoms with Crippen LogP contribution in [-0.4, -0.2) is 94.9 Å². The maximum atomic E-state index is 13.2. The Bertz CT molecular complexity index is 1200. The fourth-order valence-corrected chi connectivity index (χ4v) is 5.28. The van der Waals surface area contributed by atoms with Gasteiger partial charge in [-0.3, -0.25) is 9.78 Å². The van der Waals surface area contributed by atoms with E-state index in [0.717, 1.165) is 70.0 Å². The topological polar surface area (TPSA) is 94.8 Å². The number of aromatic nitrogens is 4. The summed E-state index contributed by atoms with van der Waals surface area (Å²) in [6.07, 6.45) is 12.3. The largest absolute Gasteiger partial charge is 0.493 e. The Morgan fingerprint density at radius 2 is 1.92 bits per heavy atom. The maximum Gasteiger partial charge on any atom is 0.274 e. The molecule has 3 aromatic rings. The van der Waals surface area contributed by atoms with Gasteiger partial charge in [0.15, 0.2) is 11.5 Å². The molecule has 2 bridgehead atoms. The van der Waals surface area contributed by atoms with E-state index in [4.69, 9.17) is 14.2 Å². The van der Waals surface area contributed by atoms with Crippen molar-refractivity contribution in [3.63, 3.8) is 0 Å². The first-order valence-electron chi connectivity index (χ1n) is 13.9. The van der Waals surface area contributed by atoms with Crippen molar-refractivity contribution in [3.8, 4) is 22.9 Å². The lowest BCUT2D eigenvalue weighted by molar-refractivity contribution is 0.0734. The molecule has 1 fully saturated rings. The molecule has 0 aliphatic carbocycles. The lowest BCUT2D eigenvalue weighted by atomic mass is 10.1. The minimum absolute atomic E-state index is 0.0917. The van der Waals surface area contributed by atoms with Crippen molar-refractivity contribution in [2.24, 2.45) is 5.92 Å². The maximum absolute atomic E-state index is 13.2. The molecule has 39 heavy (non-hydrogen) atoms. The average Bonchev–Trinajstić information content (AvgIpc) is 3.66. The van der Waals surface area contributed by atoms with Gasteiger partial charge in [0.1, 0.15) is 11.5 Å². The van der Waals surface area contributed by atoms with Gasteiger partial charge >= 0.3 is 0 Å². The lowest BCUT2D eigenvalue weighted by Crippen LogP contribution is -2.36. The molecule has 10 heteroatoms. The van der Waals surface area contributed by atoms with E-state index in [-0.39, 0.29) is 5.91 Å². The molecule has 5 rings (SSSR count). The summed E-state index contributed by atoms with van der Waals surface area (Å²) < 4.78 is 19.6. The van der Waals surface area contributed by atoms with Crippen LogP contribution in [-0.2, 0) is 11.3 Å². The predicted octanol–water partition coefficient (Wildman–Crippen LogP) is 3.39. The number of benzene rings is 1. The highest BCUT2D eigenvalue weighted by molar-refractivity contribution is 5.91. The Labute approximate surface area is 229 Å². The second-order valence-corrected chi connectivity index (χ2v) is 10.1. The number of carbonyl (C=O) groups excluding carboxylic acids is 1. The third-order valence-corrected chi connectivity index (χ3v) is 7.39. The van der Waals surface area contributed by atoms with Gasteiger partial charge < -0.3 is 28.6 Å². The molecule has 0 radical (unpaired) electrons. The number of nitrogens with zero attached hydrogens (tertiary/aromatic N) is 6. The Morgan fingerprint density at radius 3 is 2.74 bits per heavy atom. The third-order valence-electron chi connectivity index (χ3n) is 7.39. The zero-order chi connectivity index (χ0) is 26.9. The van der Waals surface area contributed by atoms with Crippen LogP contribution in [0.3, 0.4) is 0 Å². The number of amides is 1. The van der Waals surface area contributed by atoms with E-state index in [2.05, 4.69) is 24.4 Å². The van der Waals surface area contributed by atoms with Gasteiger partial charge in [-0.1, -0.05) is 0 Å². The molecule has 1 atom stereocenters. The van der Waals surface area contributed by atoms with Crippen molar-refractivity contribution >= 4 is 5.91 Å². The van der Waals surface area contributed by atoms with Gasteiger partial charge in [-0.05, 0) is 56.3 Å². The molecule has 0 saturated carbocycles. The molecule has 0 spiro atoms. The van der Waals surface area contributed by atoms with Crippen LogP contribution in [0.4, 0.5) is 0 Å². The SMILES string of the molecule is COc1ccc2cc1OCCCN(C(=O)c1cnccn1)CCCCN(CC1CCOC1)CCn1ccnc1-2. The summed E-state index contributed by atoms with van der Waals surface area (Å²) in [4.78, 5) is 30.7. The van der Waals surface area contributed by atoms with Crippen LogP contribution in [0.25, 0.3) is 11.4 Å². The number of methoxy groups -OCH3 is 1. The molecule has 4 heterocycles. The summed E-state index contributed by atoms with van der Waals surface area (Å²) in [6, 6.07) is 5.94. The molecule has 1 aromatic carbocycles. The Kier molecular flexibility index (Phi) is 9.39. The third kappa shape index (κ3) is 7.13. The zero-order valence-corrected chi connectivity index (χ0v) is 22.7. The second kappa shape index (κ2) is 13.5. The molecule has 1 amide bonds.